The van der Waals surface area contributed by atoms with E-state index in [1.807, 2.05) is 11.3 Å². The lowest BCUT2D eigenvalue weighted by Crippen LogP contribution is -2.41. The van der Waals surface area contributed by atoms with Crippen molar-refractivity contribution in [2.45, 2.75) is 59.5 Å². The topological polar surface area (TPSA) is 28.2 Å². The SMILES string of the molecule is CCCNCc1sc(N2CC(C)CCC2C)nc1C. The van der Waals surface area contributed by atoms with Gasteiger partial charge in [0.1, 0.15) is 0 Å². The van der Waals surface area contributed by atoms with Crippen molar-refractivity contribution >= 4 is 16.5 Å². The molecule has 2 heterocycles. The Bertz CT molecular complexity index is 402. The van der Waals surface area contributed by atoms with Gasteiger partial charge in [0.05, 0.1) is 5.69 Å². The minimum Gasteiger partial charge on any atom is -0.345 e. The van der Waals surface area contributed by atoms with Gasteiger partial charge in [0.15, 0.2) is 5.13 Å². The molecule has 1 N–H and O–H groups in total. The molecule has 0 aliphatic carbocycles. The van der Waals surface area contributed by atoms with Crippen LogP contribution in [0.2, 0.25) is 0 Å². The van der Waals surface area contributed by atoms with Crippen LogP contribution in [0.5, 0.6) is 0 Å². The average Bonchev–Trinajstić information content (AvgIpc) is 2.74. The van der Waals surface area contributed by atoms with Crippen molar-refractivity contribution in [2.75, 3.05) is 18.0 Å². The standard InChI is InChI=1S/C15H27N3S/c1-5-8-16-9-14-13(4)17-15(19-14)18-10-11(2)6-7-12(18)3/h11-12,16H,5-10H2,1-4H3. The number of hydrogen-bond acceptors (Lipinski definition) is 4. The van der Waals surface area contributed by atoms with Crippen molar-refractivity contribution in [1.29, 1.82) is 0 Å². The maximum Gasteiger partial charge on any atom is 0.186 e. The Balaban J connectivity index is 2.05. The van der Waals surface area contributed by atoms with Gasteiger partial charge in [0.25, 0.3) is 0 Å². The van der Waals surface area contributed by atoms with Crippen LogP contribution < -0.4 is 10.2 Å². The fraction of sp³-hybridized carbons (Fsp3) is 0.800. The molecule has 3 nitrogen and oxygen atoms in total. The predicted octanol–water partition coefficient (Wildman–Crippen LogP) is 3.58. The van der Waals surface area contributed by atoms with Gasteiger partial charge in [0, 0.05) is 24.0 Å². The van der Waals surface area contributed by atoms with Gasteiger partial charge in [-0.1, -0.05) is 13.8 Å². The molecule has 2 rings (SSSR count). The highest BCUT2D eigenvalue weighted by molar-refractivity contribution is 7.15. The fourth-order valence-corrected chi connectivity index (χ4v) is 3.78. The monoisotopic (exact) mass is 281 g/mol. The van der Waals surface area contributed by atoms with Crippen LogP contribution in [0.25, 0.3) is 0 Å². The summed E-state index contributed by atoms with van der Waals surface area (Å²) in [5, 5.41) is 4.71. The van der Waals surface area contributed by atoms with Gasteiger partial charge >= 0.3 is 0 Å². The number of hydrogen-bond donors (Lipinski definition) is 1. The Kier molecular flexibility index (Phi) is 5.22. The quantitative estimate of drug-likeness (QED) is 0.836. The molecule has 1 fully saturated rings. The summed E-state index contributed by atoms with van der Waals surface area (Å²) in [7, 11) is 0. The normalized spacial score (nSPS) is 23.9. The molecule has 0 radical (unpaired) electrons. The molecule has 2 unspecified atom stereocenters. The van der Waals surface area contributed by atoms with E-state index >= 15 is 0 Å². The number of rotatable bonds is 5. The summed E-state index contributed by atoms with van der Waals surface area (Å²) in [5.41, 5.74) is 1.20. The van der Waals surface area contributed by atoms with E-state index in [2.05, 4.69) is 37.9 Å². The zero-order chi connectivity index (χ0) is 13.8. The largest absolute Gasteiger partial charge is 0.345 e. The number of anilines is 1. The first kappa shape index (κ1) is 14.8. The lowest BCUT2D eigenvalue weighted by atomic mass is 9.96. The van der Waals surface area contributed by atoms with Crippen LogP contribution in [0.1, 0.15) is 50.6 Å². The van der Waals surface area contributed by atoms with Gasteiger partial charge in [-0.05, 0) is 45.6 Å². The lowest BCUT2D eigenvalue weighted by molar-refractivity contribution is 0.390. The molecule has 0 bridgehead atoms. The first-order valence-corrected chi connectivity index (χ1v) is 8.37. The smallest absolute Gasteiger partial charge is 0.186 e. The number of thiazole rings is 1. The molecule has 2 atom stereocenters. The second-order valence-corrected chi connectivity index (χ2v) is 6.93. The van der Waals surface area contributed by atoms with Crippen LogP contribution in [0.3, 0.4) is 0 Å². The third-order valence-corrected chi connectivity index (χ3v) is 5.15. The Labute approximate surface area is 121 Å². The summed E-state index contributed by atoms with van der Waals surface area (Å²) in [6.45, 7) is 12.2. The number of nitrogens with zero attached hydrogens (tertiary/aromatic N) is 2. The zero-order valence-electron chi connectivity index (χ0n) is 12.7. The van der Waals surface area contributed by atoms with Gasteiger partial charge in [-0.2, -0.15) is 0 Å². The van der Waals surface area contributed by atoms with Gasteiger partial charge < -0.3 is 10.2 Å². The van der Waals surface area contributed by atoms with Crippen molar-refractivity contribution in [2.24, 2.45) is 5.92 Å². The van der Waals surface area contributed by atoms with E-state index in [9.17, 15) is 0 Å². The van der Waals surface area contributed by atoms with Crippen molar-refractivity contribution in [1.82, 2.24) is 10.3 Å². The van der Waals surface area contributed by atoms with E-state index in [-0.39, 0.29) is 0 Å². The van der Waals surface area contributed by atoms with Crippen LogP contribution in [0.15, 0.2) is 0 Å². The predicted molar refractivity (Wildman–Crippen MR) is 84.1 cm³/mol. The number of aryl methyl sites for hydroxylation is 1. The maximum absolute atomic E-state index is 4.80. The van der Waals surface area contributed by atoms with Gasteiger partial charge in [-0.25, -0.2) is 4.98 Å². The molecule has 19 heavy (non-hydrogen) atoms. The Morgan fingerprint density at radius 1 is 1.37 bits per heavy atom. The van der Waals surface area contributed by atoms with Crippen LogP contribution in [-0.2, 0) is 6.54 Å². The molecule has 0 aromatic carbocycles. The minimum atomic E-state index is 0.637. The summed E-state index contributed by atoms with van der Waals surface area (Å²) >= 11 is 1.87. The molecule has 0 saturated carbocycles. The minimum absolute atomic E-state index is 0.637. The third kappa shape index (κ3) is 3.69. The Morgan fingerprint density at radius 3 is 2.89 bits per heavy atom. The third-order valence-electron chi connectivity index (χ3n) is 3.96. The molecular formula is C15H27N3S. The maximum atomic E-state index is 4.80. The summed E-state index contributed by atoms with van der Waals surface area (Å²) in [5.74, 6) is 0.794. The number of nitrogens with one attached hydrogen (secondary N) is 1. The van der Waals surface area contributed by atoms with Crippen LogP contribution >= 0.6 is 11.3 Å². The van der Waals surface area contributed by atoms with Gasteiger partial charge in [-0.3, -0.25) is 0 Å². The van der Waals surface area contributed by atoms with E-state index in [1.54, 1.807) is 0 Å². The van der Waals surface area contributed by atoms with Gasteiger partial charge in [-0.15, -0.1) is 11.3 Å². The Hall–Kier alpha value is -0.610. The fourth-order valence-electron chi connectivity index (χ4n) is 2.63. The Morgan fingerprint density at radius 2 is 2.16 bits per heavy atom. The summed E-state index contributed by atoms with van der Waals surface area (Å²) < 4.78 is 0. The molecule has 1 aromatic rings. The molecule has 0 spiro atoms. The molecule has 4 heteroatoms. The van der Waals surface area contributed by atoms with Crippen LogP contribution in [0.4, 0.5) is 5.13 Å². The van der Waals surface area contributed by atoms with Crippen molar-refractivity contribution in [3.05, 3.63) is 10.6 Å². The molecule has 1 saturated heterocycles. The molecule has 1 aliphatic heterocycles. The van der Waals surface area contributed by atoms with Crippen LogP contribution in [-0.4, -0.2) is 24.1 Å². The average molecular weight is 281 g/mol. The van der Waals surface area contributed by atoms with Crippen molar-refractivity contribution in [3.63, 3.8) is 0 Å². The molecule has 108 valence electrons. The van der Waals surface area contributed by atoms with E-state index < -0.39 is 0 Å². The second-order valence-electron chi connectivity index (χ2n) is 5.87. The first-order chi connectivity index (χ1) is 9.11. The van der Waals surface area contributed by atoms with Gasteiger partial charge in [0.2, 0.25) is 0 Å². The van der Waals surface area contributed by atoms with Crippen molar-refractivity contribution < 1.29 is 0 Å². The van der Waals surface area contributed by atoms with E-state index in [1.165, 1.54) is 35.0 Å². The van der Waals surface area contributed by atoms with Crippen molar-refractivity contribution in [3.8, 4) is 0 Å². The lowest BCUT2D eigenvalue weighted by Gasteiger charge is -2.36. The highest BCUT2D eigenvalue weighted by Gasteiger charge is 2.25. The molecule has 1 aliphatic rings. The molecule has 0 amide bonds. The summed E-state index contributed by atoms with van der Waals surface area (Å²) in [6.07, 6.45) is 3.83. The highest BCUT2D eigenvalue weighted by Crippen LogP contribution is 2.32. The second kappa shape index (κ2) is 6.71. The van der Waals surface area contributed by atoms with E-state index in [0.29, 0.717) is 6.04 Å². The number of piperidine rings is 1. The highest BCUT2D eigenvalue weighted by atomic mass is 32.1. The zero-order valence-corrected chi connectivity index (χ0v) is 13.5. The van der Waals surface area contributed by atoms with Crippen LogP contribution in [0, 0.1) is 12.8 Å². The first-order valence-electron chi connectivity index (χ1n) is 7.55. The molecule has 1 aromatic heterocycles. The molecular weight excluding hydrogens is 254 g/mol. The van der Waals surface area contributed by atoms with E-state index in [0.717, 1.165) is 25.6 Å². The number of aromatic nitrogens is 1. The van der Waals surface area contributed by atoms with E-state index in [4.69, 9.17) is 4.98 Å². The summed E-state index contributed by atoms with van der Waals surface area (Å²) in [6, 6.07) is 0.637. The summed E-state index contributed by atoms with van der Waals surface area (Å²) in [4.78, 5) is 8.71.